The molecule has 0 atom stereocenters. The smallest absolute Gasteiger partial charge is 0.266 e. The molecule has 0 unspecified atom stereocenters. The molecule has 0 aliphatic carbocycles. The van der Waals surface area contributed by atoms with E-state index in [0.29, 0.717) is 5.75 Å². The summed E-state index contributed by atoms with van der Waals surface area (Å²) in [5.74, 6) is 0.704. The van der Waals surface area contributed by atoms with Crippen molar-refractivity contribution in [2.24, 2.45) is 0 Å². The molecule has 1 nitrogen and oxygen atoms in total. The topological polar surface area (TPSA) is 9.23 Å². The Kier molecular flexibility index (Phi) is 3.96. The molecule has 0 aliphatic rings. The Hall–Kier alpha value is -1.38. The van der Waals surface area contributed by atoms with Gasteiger partial charge in [0.25, 0.3) is 6.08 Å². The molecule has 0 heterocycles. The minimum Gasteiger partial charge on any atom is -0.493 e. The molecule has 0 radical (unpaired) electrons. The lowest BCUT2D eigenvalue weighted by Gasteiger charge is -2.02. The van der Waals surface area contributed by atoms with E-state index in [1.807, 2.05) is 18.2 Å². The molecular formula is C10H10F2O. The fraction of sp³-hybridized carbons (Fsp3) is 0.200. The zero-order valence-corrected chi connectivity index (χ0v) is 7.04. The predicted octanol–water partition coefficient (Wildman–Crippen LogP) is 3.24. The SMILES string of the molecule is FC(F)=CCCOc1ccccc1. The van der Waals surface area contributed by atoms with Crippen LogP contribution in [0.4, 0.5) is 8.78 Å². The Morgan fingerprint density at radius 2 is 1.92 bits per heavy atom. The third-order valence-corrected chi connectivity index (χ3v) is 1.43. The molecular weight excluding hydrogens is 174 g/mol. The van der Waals surface area contributed by atoms with Crippen molar-refractivity contribution in [2.45, 2.75) is 6.42 Å². The quantitative estimate of drug-likeness (QED) is 0.653. The molecule has 3 heteroatoms. The van der Waals surface area contributed by atoms with Gasteiger partial charge in [-0.15, -0.1) is 0 Å². The van der Waals surface area contributed by atoms with E-state index in [9.17, 15) is 8.78 Å². The molecule has 0 aromatic heterocycles. The van der Waals surface area contributed by atoms with Crippen LogP contribution in [0.1, 0.15) is 6.42 Å². The number of hydrogen-bond donors (Lipinski definition) is 0. The van der Waals surface area contributed by atoms with Crippen molar-refractivity contribution >= 4 is 0 Å². The maximum Gasteiger partial charge on any atom is 0.266 e. The first-order valence-electron chi connectivity index (χ1n) is 3.98. The van der Waals surface area contributed by atoms with Gasteiger partial charge in [-0.1, -0.05) is 18.2 Å². The molecule has 0 aliphatic heterocycles. The number of benzene rings is 1. The minimum absolute atomic E-state index is 0.233. The second-order valence-corrected chi connectivity index (χ2v) is 2.44. The van der Waals surface area contributed by atoms with Gasteiger partial charge in [0.1, 0.15) is 5.75 Å². The minimum atomic E-state index is -1.66. The van der Waals surface area contributed by atoms with Gasteiger partial charge in [-0.25, -0.2) is 0 Å². The van der Waals surface area contributed by atoms with Crippen LogP contribution in [0.2, 0.25) is 0 Å². The van der Waals surface area contributed by atoms with Crippen LogP contribution in [-0.4, -0.2) is 6.61 Å². The van der Waals surface area contributed by atoms with Crippen molar-refractivity contribution in [1.29, 1.82) is 0 Å². The van der Waals surface area contributed by atoms with Crippen LogP contribution < -0.4 is 4.74 Å². The van der Waals surface area contributed by atoms with E-state index >= 15 is 0 Å². The van der Waals surface area contributed by atoms with Gasteiger partial charge in [0.05, 0.1) is 6.61 Å². The molecule has 0 fully saturated rings. The van der Waals surface area contributed by atoms with Crippen LogP contribution in [0.3, 0.4) is 0 Å². The second kappa shape index (κ2) is 5.30. The van der Waals surface area contributed by atoms with E-state index in [1.54, 1.807) is 12.1 Å². The van der Waals surface area contributed by atoms with E-state index in [0.717, 1.165) is 6.08 Å². The summed E-state index contributed by atoms with van der Waals surface area (Å²) in [5.41, 5.74) is 0. The summed E-state index contributed by atoms with van der Waals surface area (Å²) in [6.07, 6.45) is -0.572. The lowest BCUT2D eigenvalue weighted by molar-refractivity contribution is 0.320. The highest BCUT2D eigenvalue weighted by molar-refractivity contribution is 5.20. The van der Waals surface area contributed by atoms with Crippen molar-refractivity contribution in [1.82, 2.24) is 0 Å². The van der Waals surface area contributed by atoms with Gasteiger partial charge in [-0.05, 0) is 18.2 Å². The van der Waals surface area contributed by atoms with Crippen LogP contribution >= 0.6 is 0 Å². The van der Waals surface area contributed by atoms with Crippen molar-refractivity contribution in [2.75, 3.05) is 6.61 Å². The zero-order chi connectivity index (χ0) is 9.52. The monoisotopic (exact) mass is 184 g/mol. The number of hydrogen-bond acceptors (Lipinski definition) is 1. The second-order valence-electron chi connectivity index (χ2n) is 2.44. The average molecular weight is 184 g/mol. The van der Waals surface area contributed by atoms with E-state index in [-0.39, 0.29) is 13.0 Å². The number of rotatable bonds is 4. The Balaban J connectivity index is 2.25. The first-order valence-corrected chi connectivity index (χ1v) is 3.98. The van der Waals surface area contributed by atoms with Crippen molar-refractivity contribution in [3.63, 3.8) is 0 Å². The summed E-state index contributed by atoms with van der Waals surface area (Å²) in [4.78, 5) is 0. The molecule has 70 valence electrons. The summed E-state index contributed by atoms with van der Waals surface area (Å²) >= 11 is 0. The third kappa shape index (κ3) is 4.25. The van der Waals surface area contributed by atoms with Crippen molar-refractivity contribution in [3.8, 4) is 5.75 Å². The van der Waals surface area contributed by atoms with Crippen LogP contribution in [0, 0.1) is 0 Å². The zero-order valence-electron chi connectivity index (χ0n) is 7.04. The molecule has 0 spiro atoms. The summed E-state index contributed by atoms with van der Waals surface area (Å²) < 4.78 is 28.3. The first-order chi connectivity index (χ1) is 6.29. The highest BCUT2D eigenvalue weighted by Crippen LogP contribution is 2.08. The van der Waals surface area contributed by atoms with Gasteiger partial charge in [-0.3, -0.25) is 0 Å². The summed E-state index contributed by atoms with van der Waals surface area (Å²) in [7, 11) is 0. The Morgan fingerprint density at radius 3 is 2.54 bits per heavy atom. The Bertz CT molecular complexity index is 266. The average Bonchev–Trinajstić information content (AvgIpc) is 2.14. The van der Waals surface area contributed by atoms with E-state index < -0.39 is 6.08 Å². The summed E-state index contributed by atoms with van der Waals surface area (Å²) in [5, 5.41) is 0. The molecule has 0 bridgehead atoms. The van der Waals surface area contributed by atoms with Gasteiger partial charge < -0.3 is 4.74 Å². The molecule has 1 aromatic rings. The number of para-hydroxylation sites is 1. The van der Waals surface area contributed by atoms with Crippen molar-refractivity contribution < 1.29 is 13.5 Å². The highest BCUT2D eigenvalue weighted by atomic mass is 19.3. The largest absolute Gasteiger partial charge is 0.493 e. The highest BCUT2D eigenvalue weighted by Gasteiger charge is 1.91. The number of halogens is 2. The van der Waals surface area contributed by atoms with Crippen LogP contribution in [-0.2, 0) is 0 Å². The van der Waals surface area contributed by atoms with Gasteiger partial charge >= 0.3 is 0 Å². The molecule has 0 N–H and O–H groups in total. The van der Waals surface area contributed by atoms with Crippen molar-refractivity contribution in [3.05, 3.63) is 42.5 Å². The Labute approximate surface area is 75.6 Å². The predicted molar refractivity (Wildman–Crippen MR) is 46.9 cm³/mol. The lowest BCUT2D eigenvalue weighted by Crippen LogP contribution is -1.94. The molecule has 0 saturated carbocycles. The summed E-state index contributed by atoms with van der Waals surface area (Å²) in [6, 6.07) is 9.11. The first kappa shape index (κ1) is 9.71. The fourth-order valence-corrected chi connectivity index (χ4v) is 0.862. The van der Waals surface area contributed by atoms with Gasteiger partial charge in [0.15, 0.2) is 0 Å². The van der Waals surface area contributed by atoms with Gasteiger partial charge in [0.2, 0.25) is 0 Å². The molecule has 0 amide bonds. The normalized spacial score (nSPS) is 9.38. The fourth-order valence-electron chi connectivity index (χ4n) is 0.862. The van der Waals surface area contributed by atoms with E-state index in [1.165, 1.54) is 0 Å². The van der Waals surface area contributed by atoms with E-state index in [2.05, 4.69) is 0 Å². The maximum atomic E-state index is 11.6. The third-order valence-electron chi connectivity index (χ3n) is 1.43. The lowest BCUT2D eigenvalue weighted by atomic mass is 10.3. The van der Waals surface area contributed by atoms with E-state index in [4.69, 9.17) is 4.74 Å². The summed E-state index contributed by atoms with van der Waals surface area (Å²) in [6.45, 7) is 0.279. The van der Waals surface area contributed by atoms with Gasteiger partial charge in [0, 0.05) is 6.42 Å². The molecule has 1 rings (SSSR count). The van der Waals surface area contributed by atoms with Crippen LogP contribution in [0.5, 0.6) is 5.75 Å². The van der Waals surface area contributed by atoms with Gasteiger partial charge in [-0.2, -0.15) is 8.78 Å². The molecule has 0 saturated heterocycles. The molecule has 1 aromatic carbocycles. The maximum absolute atomic E-state index is 11.6. The van der Waals surface area contributed by atoms with Crippen LogP contribution in [0.25, 0.3) is 0 Å². The number of ether oxygens (including phenoxy) is 1. The van der Waals surface area contributed by atoms with Crippen LogP contribution in [0.15, 0.2) is 42.5 Å². The Morgan fingerprint density at radius 1 is 1.23 bits per heavy atom. The standard InChI is InChI=1S/C10H10F2O/c11-10(12)7-4-8-13-9-5-2-1-3-6-9/h1-3,5-7H,4,8H2. The molecule has 13 heavy (non-hydrogen) atoms.